The van der Waals surface area contributed by atoms with Crippen molar-refractivity contribution in [3.8, 4) is 5.75 Å². The third kappa shape index (κ3) is 2.16. The third-order valence-electron chi connectivity index (χ3n) is 2.65. The zero-order valence-electron chi connectivity index (χ0n) is 9.24. The molecule has 14 heavy (non-hydrogen) atoms. The van der Waals surface area contributed by atoms with Crippen molar-refractivity contribution in [2.75, 3.05) is 12.8 Å². The highest BCUT2D eigenvalue weighted by Crippen LogP contribution is 2.29. The lowest BCUT2D eigenvalue weighted by Crippen LogP contribution is -2.07. The van der Waals surface area contributed by atoms with Crippen LogP contribution in [0.1, 0.15) is 32.3 Å². The average Bonchev–Trinajstić information content (AvgIpc) is 2.17. The minimum Gasteiger partial charge on any atom is -0.495 e. The molecule has 3 nitrogen and oxygen atoms in total. The molecule has 0 aliphatic carbocycles. The van der Waals surface area contributed by atoms with Gasteiger partial charge in [-0.25, -0.2) is 4.98 Å². The highest BCUT2D eigenvalue weighted by molar-refractivity contribution is 5.45. The minimum atomic E-state index is 0.401. The molecule has 1 aromatic rings. The van der Waals surface area contributed by atoms with Gasteiger partial charge in [0.15, 0.2) is 0 Å². The van der Waals surface area contributed by atoms with Gasteiger partial charge in [-0.2, -0.15) is 0 Å². The van der Waals surface area contributed by atoms with E-state index >= 15 is 0 Å². The highest BCUT2D eigenvalue weighted by Gasteiger charge is 2.14. The standard InChI is InChI=1S/C11H18N2O/c1-7(2)8(3)10-5-9(14-4)6-13-11(10)12/h5-8H,1-4H3,(H2,12,13)/t8-/m0/s1. The molecule has 1 atom stereocenters. The van der Waals surface area contributed by atoms with E-state index in [1.165, 1.54) is 0 Å². The normalized spacial score (nSPS) is 12.9. The largest absolute Gasteiger partial charge is 0.495 e. The van der Waals surface area contributed by atoms with Crippen LogP contribution in [0, 0.1) is 5.92 Å². The molecule has 0 aliphatic rings. The van der Waals surface area contributed by atoms with Crippen LogP contribution in [-0.4, -0.2) is 12.1 Å². The average molecular weight is 194 g/mol. The Kier molecular flexibility index (Phi) is 3.33. The molecule has 1 rings (SSSR count). The number of pyridine rings is 1. The van der Waals surface area contributed by atoms with Crippen LogP contribution in [0.5, 0.6) is 5.75 Å². The number of anilines is 1. The Labute approximate surface area is 85.3 Å². The SMILES string of the molecule is COc1cnc(N)c([C@@H](C)C(C)C)c1. The van der Waals surface area contributed by atoms with Gasteiger partial charge < -0.3 is 10.5 Å². The summed E-state index contributed by atoms with van der Waals surface area (Å²) in [7, 11) is 1.64. The number of nitrogens with two attached hydrogens (primary N) is 1. The molecule has 3 heteroatoms. The van der Waals surface area contributed by atoms with Gasteiger partial charge in [0.1, 0.15) is 11.6 Å². The van der Waals surface area contributed by atoms with Crippen molar-refractivity contribution in [3.63, 3.8) is 0 Å². The minimum absolute atomic E-state index is 0.401. The second kappa shape index (κ2) is 4.31. The quantitative estimate of drug-likeness (QED) is 0.804. The highest BCUT2D eigenvalue weighted by atomic mass is 16.5. The summed E-state index contributed by atoms with van der Waals surface area (Å²) in [5, 5.41) is 0. The van der Waals surface area contributed by atoms with Crippen LogP contribution >= 0.6 is 0 Å². The van der Waals surface area contributed by atoms with Gasteiger partial charge in [-0.1, -0.05) is 20.8 Å². The summed E-state index contributed by atoms with van der Waals surface area (Å²) >= 11 is 0. The molecule has 0 unspecified atom stereocenters. The van der Waals surface area contributed by atoms with Crippen LogP contribution in [-0.2, 0) is 0 Å². The summed E-state index contributed by atoms with van der Waals surface area (Å²) in [6.45, 7) is 6.49. The van der Waals surface area contributed by atoms with Gasteiger partial charge in [-0.3, -0.25) is 0 Å². The van der Waals surface area contributed by atoms with E-state index in [2.05, 4.69) is 25.8 Å². The van der Waals surface area contributed by atoms with E-state index in [0.29, 0.717) is 17.7 Å². The topological polar surface area (TPSA) is 48.1 Å². The fourth-order valence-electron chi connectivity index (χ4n) is 1.31. The van der Waals surface area contributed by atoms with Crippen LogP contribution in [0.15, 0.2) is 12.3 Å². The lowest BCUT2D eigenvalue weighted by atomic mass is 9.90. The molecular formula is C11H18N2O. The van der Waals surface area contributed by atoms with Gasteiger partial charge in [0, 0.05) is 5.56 Å². The maximum absolute atomic E-state index is 5.82. The van der Waals surface area contributed by atoms with E-state index < -0.39 is 0 Å². The van der Waals surface area contributed by atoms with E-state index in [-0.39, 0.29) is 0 Å². The van der Waals surface area contributed by atoms with Crippen LogP contribution in [0.3, 0.4) is 0 Å². The molecule has 78 valence electrons. The van der Waals surface area contributed by atoms with Gasteiger partial charge >= 0.3 is 0 Å². The number of hydrogen-bond donors (Lipinski definition) is 1. The summed E-state index contributed by atoms with van der Waals surface area (Å²) < 4.78 is 5.12. The van der Waals surface area contributed by atoms with Crippen molar-refractivity contribution in [1.29, 1.82) is 0 Å². The molecule has 0 bridgehead atoms. The van der Waals surface area contributed by atoms with Gasteiger partial charge in [0.25, 0.3) is 0 Å². The molecule has 0 fully saturated rings. The number of hydrogen-bond acceptors (Lipinski definition) is 3. The first kappa shape index (κ1) is 10.8. The van der Waals surface area contributed by atoms with E-state index in [1.807, 2.05) is 6.07 Å². The van der Waals surface area contributed by atoms with Crippen molar-refractivity contribution >= 4 is 5.82 Å². The second-order valence-electron chi connectivity index (χ2n) is 3.88. The smallest absolute Gasteiger partial charge is 0.137 e. The number of nitrogens with zero attached hydrogens (tertiary/aromatic N) is 1. The second-order valence-corrected chi connectivity index (χ2v) is 3.88. The van der Waals surface area contributed by atoms with Crippen molar-refractivity contribution in [2.45, 2.75) is 26.7 Å². The van der Waals surface area contributed by atoms with Crippen molar-refractivity contribution in [2.24, 2.45) is 5.92 Å². The Morgan fingerprint density at radius 2 is 2.00 bits per heavy atom. The summed E-state index contributed by atoms with van der Waals surface area (Å²) in [4.78, 5) is 4.11. The van der Waals surface area contributed by atoms with Crippen molar-refractivity contribution in [1.82, 2.24) is 4.98 Å². The van der Waals surface area contributed by atoms with E-state index in [9.17, 15) is 0 Å². The summed E-state index contributed by atoms with van der Waals surface area (Å²) in [6.07, 6.45) is 1.64. The molecule has 0 spiro atoms. The first-order valence-electron chi connectivity index (χ1n) is 4.85. The zero-order chi connectivity index (χ0) is 10.7. The number of rotatable bonds is 3. The fraction of sp³-hybridized carbons (Fsp3) is 0.545. The zero-order valence-corrected chi connectivity index (χ0v) is 9.24. The first-order valence-corrected chi connectivity index (χ1v) is 4.85. The number of ether oxygens (including phenoxy) is 1. The third-order valence-corrected chi connectivity index (χ3v) is 2.65. The molecule has 0 aromatic carbocycles. The Balaban J connectivity index is 3.05. The number of methoxy groups -OCH3 is 1. The van der Waals surface area contributed by atoms with Crippen LogP contribution < -0.4 is 10.5 Å². The predicted octanol–water partition coefficient (Wildman–Crippen LogP) is 2.43. The molecule has 1 aromatic heterocycles. The van der Waals surface area contributed by atoms with E-state index in [0.717, 1.165) is 11.3 Å². The molecule has 0 saturated carbocycles. The van der Waals surface area contributed by atoms with Gasteiger partial charge in [-0.05, 0) is 17.9 Å². The summed E-state index contributed by atoms with van der Waals surface area (Å²) in [5.41, 5.74) is 6.89. The molecule has 1 heterocycles. The molecule has 0 saturated heterocycles. The van der Waals surface area contributed by atoms with Gasteiger partial charge in [0.2, 0.25) is 0 Å². The molecule has 0 radical (unpaired) electrons. The van der Waals surface area contributed by atoms with Crippen molar-refractivity contribution in [3.05, 3.63) is 17.8 Å². The molecule has 0 aliphatic heterocycles. The molecular weight excluding hydrogens is 176 g/mol. The molecule has 2 N–H and O–H groups in total. The fourth-order valence-corrected chi connectivity index (χ4v) is 1.31. The predicted molar refractivity (Wildman–Crippen MR) is 58.5 cm³/mol. The monoisotopic (exact) mass is 194 g/mol. The lowest BCUT2D eigenvalue weighted by Gasteiger charge is -2.17. The Bertz CT molecular complexity index is 310. The maximum atomic E-state index is 5.82. The Morgan fingerprint density at radius 1 is 1.36 bits per heavy atom. The molecule has 0 amide bonds. The van der Waals surface area contributed by atoms with Gasteiger partial charge in [0.05, 0.1) is 13.3 Å². The van der Waals surface area contributed by atoms with Gasteiger partial charge in [-0.15, -0.1) is 0 Å². The number of aromatic nitrogens is 1. The van der Waals surface area contributed by atoms with Crippen LogP contribution in [0.2, 0.25) is 0 Å². The lowest BCUT2D eigenvalue weighted by molar-refractivity contribution is 0.411. The van der Waals surface area contributed by atoms with Crippen LogP contribution in [0.25, 0.3) is 0 Å². The van der Waals surface area contributed by atoms with E-state index in [1.54, 1.807) is 13.3 Å². The maximum Gasteiger partial charge on any atom is 0.137 e. The first-order chi connectivity index (χ1) is 6.56. The Morgan fingerprint density at radius 3 is 2.50 bits per heavy atom. The number of nitrogen functional groups attached to an aromatic ring is 1. The van der Waals surface area contributed by atoms with E-state index in [4.69, 9.17) is 10.5 Å². The van der Waals surface area contributed by atoms with Crippen LogP contribution in [0.4, 0.5) is 5.82 Å². The summed E-state index contributed by atoms with van der Waals surface area (Å²) in [5.74, 6) is 2.32. The Hall–Kier alpha value is -1.25. The van der Waals surface area contributed by atoms with Crippen molar-refractivity contribution < 1.29 is 4.74 Å². The summed E-state index contributed by atoms with van der Waals surface area (Å²) in [6, 6.07) is 1.97.